The lowest BCUT2D eigenvalue weighted by Crippen LogP contribution is -2.38. The third-order valence-corrected chi connectivity index (χ3v) is 4.70. The van der Waals surface area contributed by atoms with Crippen LogP contribution in [0.1, 0.15) is 51.5 Å². The molecule has 3 aromatic rings. The number of aliphatic imine (C=N–C) groups is 1. The molecule has 0 amide bonds. The number of amidine groups is 1. The third kappa shape index (κ3) is 7.16. The minimum absolute atomic E-state index is 0.189. The van der Waals surface area contributed by atoms with Crippen molar-refractivity contribution in [3.63, 3.8) is 0 Å². The molecule has 0 bridgehead atoms. The minimum atomic E-state index is 0.189. The van der Waals surface area contributed by atoms with Gasteiger partial charge in [0.1, 0.15) is 11.5 Å². The predicted molar refractivity (Wildman–Crippen MR) is 126 cm³/mol. The van der Waals surface area contributed by atoms with Crippen LogP contribution in [0.5, 0.6) is 6.01 Å². The lowest BCUT2D eigenvalue weighted by atomic mass is 10.1. The molecule has 32 heavy (non-hydrogen) atoms. The van der Waals surface area contributed by atoms with Gasteiger partial charge in [0.15, 0.2) is 18.2 Å². The van der Waals surface area contributed by atoms with Crippen LogP contribution in [0, 0.1) is 12.8 Å². The van der Waals surface area contributed by atoms with Crippen LogP contribution in [-0.4, -0.2) is 27.5 Å². The maximum absolute atomic E-state index is 5.74. The minimum Gasteiger partial charge on any atom is -0.455 e. The van der Waals surface area contributed by atoms with Gasteiger partial charge in [-0.25, -0.2) is 15.4 Å². The molecule has 170 valence electrons. The van der Waals surface area contributed by atoms with Crippen molar-refractivity contribution in [2.75, 3.05) is 6.54 Å². The van der Waals surface area contributed by atoms with Gasteiger partial charge in [-0.3, -0.25) is 0 Å². The molecule has 0 aliphatic heterocycles. The van der Waals surface area contributed by atoms with Crippen molar-refractivity contribution in [2.24, 2.45) is 10.9 Å². The van der Waals surface area contributed by atoms with Gasteiger partial charge in [0.25, 0.3) is 0 Å². The number of nitrogens with zero attached hydrogens (tertiary/aromatic N) is 4. The summed E-state index contributed by atoms with van der Waals surface area (Å²) in [6, 6.07) is 13.8. The maximum atomic E-state index is 5.74. The lowest BCUT2D eigenvalue weighted by molar-refractivity contribution is 0.233. The summed E-state index contributed by atoms with van der Waals surface area (Å²) in [5.74, 6) is 2.76. The summed E-state index contributed by atoms with van der Waals surface area (Å²) >= 11 is 0. The van der Waals surface area contributed by atoms with Gasteiger partial charge < -0.3 is 14.7 Å². The molecule has 0 spiro atoms. The van der Waals surface area contributed by atoms with E-state index in [4.69, 9.17) is 9.26 Å². The van der Waals surface area contributed by atoms with Gasteiger partial charge in [0, 0.05) is 36.4 Å². The Bertz CT molecular complexity index is 999. The fraction of sp³-hybridized carbons (Fsp3) is 0.417. The summed E-state index contributed by atoms with van der Waals surface area (Å²) in [5.41, 5.74) is 8.95. The SMILES string of the molecule is CC.CCC(=Nc1cc(C)nc(OCc2cc(-c3ccccc3)no2)n1)NNCC1CC1. The predicted octanol–water partition coefficient (Wildman–Crippen LogP) is 4.99. The molecule has 4 rings (SSSR count). The number of aryl methyl sites for hydroxylation is 1. The number of hydrogen-bond acceptors (Lipinski definition) is 7. The molecule has 1 fully saturated rings. The van der Waals surface area contributed by atoms with Crippen LogP contribution in [0.15, 0.2) is 52.0 Å². The largest absolute Gasteiger partial charge is 0.455 e. The molecule has 8 heteroatoms. The third-order valence-electron chi connectivity index (χ3n) is 4.70. The zero-order valence-electron chi connectivity index (χ0n) is 19.3. The quantitative estimate of drug-likeness (QED) is 0.277. The van der Waals surface area contributed by atoms with Gasteiger partial charge in [0.2, 0.25) is 0 Å². The zero-order valence-corrected chi connectivity index (χ0v) is 19.3. The number of hydrazine groups is 1. The second-order valence-corrected chi connectivity index (χ2v) is 7.34. The van der Waals surface area contributed by atoms with Crippen molar-refractivity contribution >= 4 is 11.7 Å². The normalized spacial score (nSPS) is 13.3. The Labute approximate surface area is 189 Å². The van der Waals surface area contributed by atoms with Gasteiger partial charge in [-0.2, -0.15) is 4.98 Å². The van der Waals surface area contributed by atoms with Gasteiger partial charge in [-0.15, -0.1) is 0 Å². The summed E-state index contributed by atoms with van der Waals surface area (Å²) in [4.78, 5) is 13.3. The molecule has 0 atom stereocenters. The molecular weight excluding hydrogens is 404 g/mol. The summed E-state index contributed by atoms with van der Waals surface area (Å²) < 4.78 is 11.1. The van der Waals surface area contributed by atoms with Crippen LogP contribution < -0.4 is 15.6 Å². The number of nitrogens with one attached hydrogen (secondary N) is 2. The van der Waals surface area contributed by atoms with Crippen molar-refractivity contribution in [2.45, 2.75) is 53.6 Å². The molecule has 1 aliphatic rings. The Morgan fingerprint density at radius 3 is 2.66 bits per heavy atom. The molecule has 1 aromatic carbocycles. The van der Waals surface area contributed by atoms with Gasteiger partial charge in [0.05, 0.1) is 0 Å². The smallest absolute Gasteiger partial charge is 0.319 e. The Kier molecular flexibility index (Phi) is 8.74. The number of rotatable bonds is 9. The fourth-order valence-corrected chi connectivity index (χ4v) is 2.86. The van der Waals surface area contributed by atoms with Crippen LogP contribution in [0.25, 0.3) is 11.3 Å². The Balaban J connectivity index is 0.00000141. The summed E-state index contributed by atoms with van der Waals surface area (Å²) in [7, 11) is 0. The molecule has 1 saturated carbocycles. The standard InChI is InChI=1S/C22H26N6O2.C2H6/c1-3-20(27-23-13-16-9-10-16)25-21-11-15(2)24-22(26-21)29-14-18-12-19(28-30-18)17-7-5-4-6-8-17;1-2/h4-8,11-12,16,23H,3,9-10,13-14H2,1-2H3,(H,24,25,26,27);1-2H3. The van der Waals surface area contributed by atoms with Crippen LogP contribution in [0.2, 0.25) is 0 Å². The van der Waals surface area contributed by atoms with E-state index in [9.17, 15) is 0 Å². The molecular formula is C24H32N6O2. The molecule has 8 nitrogen and oxygen atoms in total. The second-order valence-electron chi connectivity index (χ2n) is 7.34. The van der Waals surface area contributed by atoms with E-state index in [1.54, 1.807) is 0 Å². The second kappa shape index (κ2) is 12.0. The molecule has 1 aliphatic carbocycles. The first-order chi connectivity index (χ1) is 15.7. The van der Waals surface area contributed by atoms with Gasteiger partial charge in [-0.1, -0.05) is 56.3 Å². The van der Waals surface area contributed by atoms with Crippen molar-refractivity contribution in [1.29, 1.82) is 0 Å². The van der Waals surface area contributed by atoms with Gasteiger partial charge >= 0.3 is 6.01 Å². The van der Waals surface area contributed by atoms with Crippen molar-refractivity contribution < 1.29 is 9.26 Å². The Hall–Kier alpha value is -3.26. The van der Waals surface area contributed by atoms with E-state index >= 15 is 0 Å². The van der Waals surface area contributed by atoms with Crippen LogP contribution in [-0.2, 0) is 6.61 Å². The van der Waals surface area contributed by atoms with Crippen molar-refractivity contribution in [3.05, 3.63) is 53.9 Å². The fourth-order valence-electron chi connectivity index (χ4n) is 2.86. The zero-order chi connectivity index (χ0) is 22.8. The van der Waals surface area contributed by atoms with Crippen molar-refractivity contribution in [3.8, 4) is 17.3 Å². The molecule has 2 heterocycles. The first-order valence-corrected chi connectivity index (χ1v) is 11.3. The molecule has 2 N–H and O–H groups in total. The first kappa shape index (κ1) is 23.4. The number of benzene rings is 1. The van der Waals surface area contributed by atoms with Gasteiger partial charge in [-0.05, 0) is 25.7 Å². The summed E-state index contributed by atoms with van der Waals surface area (Å²) in [5, 5.41) is 4.10. The Morgan fingerprint density at radius 1 is 1.16 bits per heavy atom. The summed E-state index contributed by atoms with van der Waals surface area (Å²) in [6.07, 6.45) is 3.37. The molecule has 0 radical (unpaired) electrons. The number of aromatic nitrogens is 3. The van der Waals surface area contributed by atoms with E-state index in [1.165, 1.54) is 12.8 Å². The molecule has 0 unspecified atom stereocenters. The van der Waals surface area contributed by atoms with Crippen LogP contribution >= 0.6 is 0 Å². The maximum Gasteiger partial charge on any atom is 0.319 e. The molecule has 0 saturated heterocycles. The molecule has 2 aromatic heterocycles. The monoisotopic (exact) mass is 436 g/mol. The average molecular weight is 437 g/mol. The summed E-state index contributed by atoms with van der Waals surface area (Å²) in [6.45, 7) is 9.08. The van der Waals surface area contributed by atoms with Crippen LogP contribution in [0.4, 0.5) is 5.82 Å². The van der Waals surface area contributed by atoms with E-state index in [0.717, 1.165) is 41.7 Å². The Morgan fingerprint density at radius 2 is 1.94 bits per heavy atom. The lowest BCUT2D eigenvalue weighted by Gasteiger charge is -2.09. The topological polar surface area (TPSA) is 97.5 Å². The van der Waals surface area contributed by atoms with E-state index in [0.29, 0.717) is 11.6 Å². The van der Waals surface area contributed by atoms with E-state index in [-0.39, 0.29) is 12.6 Å². The first-order valence-electron chi connectivity index (χ1n) is 11.3. The van der Waals surface area contributed by atoms with E-state index in [1.807, 2.05) is 70.2 Å². The highest BCUT2D eigenvalue weighted by atomic mass is 16.5. The highest BCUT2D eigenvalue weighted by molar-refractivity contribution is 5.83. The van der Waals surface area contributed by atoms with Crippen LogP contribution in [0.3, 0.4) is 0 Å². The highest BCUT2D eigenvalue weighted by Crippen LogP contribution is 2.27. The number of hydrogen-bond donors (Lipinski definition) is 2. The average Bonchev–Trinajstić information content (AvgIpc) is 3.52. The van der Waals surface area contributed by atoms with E-state index < -0.39 is 0 Å². The van der Waals surface area contributed by atoms with Crippen molar-refractivity contribution in [1.82, 2.24) is 26.0 Å². The van der Waals surface area contributed by atoms with E-state index in [2.05, 4.69) is 31.0 Å². The number of ether oxygens (including phenoxy) is 1. The highest BCUT2D eigenvalue weighted by Gasteiger charge is 2.20.